The van der Waals surface area contributed by atoms with E-state index in [9.17, 15) is 8.42 Å². The topological polar surface area (TPSA) is 86.6 Å². The van der Waals surface area contributed by atoms with Crippen LogP contribution in [0.15, 0.2) is 0 Å². The van der Waals surface area contributed by atoms with Gasteiger partial charge in [0.25, 0.3) is 0 Å². The molecule has 0 bridgehead atoms. The van der Waals surface area contributed by atoms with Crippen LogP contribution in [-0.4, -0.2) is 30.7 Å². The summed E-state index contributed by atoms with van der Waals surface area (Å²) in [5.74, 6) is 0. The molecule has 1 saturated carbocycles. The number of aliphatic hydroxyl groups is 1. The van der Waals surface area contributed by atoms with Crippen LogP contribution in [0.2, 0.25) is 0 Å². The first kappa shape index (κ1) is 13.8. The maximum Gasteiger partial charge on any atom is 0.333 e. The minimum atomic E-state index is -3.97. The van der Waals surface area contributed by atoms with Gasteiger partial charge in [-0.1, -0.05) is 19.3 Å². The van der Waals surface area contributed by atoms with Crippen LogP contribution in [0.1, 0.15) is 39.0 Å². The predicted molar refractivity (Wildman–Crippen MR) is 54.3 cm³/mol. The van der Waals surface area contributed by atoms with E-state index in [2.05, 4.69) is 4.72 Å². The summed E-state index contributed by atoms with van der Waals surface area (Å²) in [7, 11) is -3.97. The first-order valence-electron chi connectivity index (χ1n) is 4.85. The van der Waals surface area contributed by atoms with Crippen molar-refractivity contribution in [3.63, 3.8) is 0 Å². The lowest BCUT2D eigenvalue weighted by Crippen LogP contribution is -2.35. The highest BCUT2D eigenvalue weighted by molar-refractivity contribution is 7.83. The van der Waals surface area contributed by atoms with Crippen molar-refractivity contribution in [1.82, 2.24) is 4.72 Å². The first-order valence-corrected chi connectivity index (χ1v) is 6.29. The smallest absolute Gasteiger partial charge is 0.333 e. The van der Waals surface area contributed by atoms with E-state index in [4.69, 9.17) is 9.66 Å². The van der Waals surface area contributed by atoms with Crippen molar-refractivity contribution < 1.29 is 18.1 Å². The van der Waals surface area contributed by atoms with Crippen molar-refractivity contribution in [3.05, 3.63) is 0 Å². The van der Waals surface area contributed by atoms with Crippen LogP contribution in [-0.2, 0) is 10.3 Å². The first-order chi connectivity index (χ1) is 6.49. The summed E-state index contributed by atoms with van der Waals surface area (Å²) >= 11 is 0. The Bertz CT molecular complexity index is 221. The maximum absolute atomic E-state index is 10.3. The molecule has 0 atom stereocenters. The Morgan fingerprint density at radius 1 is 1.29 bits per heavy atom. The third-order valence-electron chi connectivity index (χ3n) is 1.92. The predicted octanol–water partition coefficient (Wildman–Crippen LogP) is 0.710. The van der Waals surface area contributed by atoms with Crippen molar-refractivity contribution >= 4 is 10.3 Å². The van der Waals surface area contributed by atoms with Gasteiger partial charge in [0.15, 0.2) is 0 Å². The van der Waals surface area contributed by atoms with Crippen molar-refractivity contribution in [1.29, 1.82) is 0 Å². The highest BCUT2D eigenvalue weighted by atomic mass is 32.2. The van der Waals surface area contributed by atoms with Crippen LogP contribution < -0.4 is 4.72 Å². The number of hydrogen-bond donors (Lipinski definition) is 3. The second-order valence-electron chi connectivity index (χ2n) is 3.24. The zero-order valence-corrected chi connectivity index (χ0v) is 9.26. The molecule has 0 aliphatic heterocycles. The highest BCUT2D eigenvalue weighted by Crippen LogP contribution is 2.17. The van der Waals surface area contributed by atoms with Crippen LogP contribution in [0, 0.1) is 0 Å². The molecule has 0 aromatic rings. The number of nitrogens with one attached hydrogen (secondary N) is 1. The quantitative estimate of drug-likeness (QED) is 0.604. The zero-order valence-electron chi connectivity index (χ0n) is 8.44. The summed E-state index contributed by atoms with van der Waals surface area (Å²) in [4.78, 5) is 0. The minimum absolute atomic E-state index is 0.0428. The average molecular weight is 225 g/mol. The summed E-state index contributed by atoms with van der Waals surface area (Å²) in [5.41, 5.74) is 0. The second kappa shape index (κ2) is 7.17. The van der Waals surface area contributed by atoms with Gasteiger partial charge in [-0.2, -0.15) is 13.1 Å². The van der Waals surface area contributed by atoms with E-state index in [1.54, 1.807) is 6.92 Å². The van der Waals surface area contributed by atoms with Gasteiger partial charge < -0.3 is 5.11 Å². The van der Waals surface area contributed by atoms with Gasteiger partial charge in [0, 0.05) is 12.6 Å². The Labute approximate surface area is 85.4 Å². The van der Waals surface area contributed by atoms with Gasteiger partial charge in [-0.05, 0) is 19.8 Å². The molecule has 1 fully saturated rings. The lowest BCUT2D eigenvalue weighted by molar-refractivity contribution is 0.318. The molecule has 0 saturated heterocycles. The number of hydrogen-bond acceptors (Lipinski definition) is 3. The number of rotatable bonds is 2. The molecule has 0 radical (unpaired) electrons. The Balaban J connectivity index is 0.000000500. The van der Waals surface area contributed by atoms with Gasteiger partial charge in [-0.3, -0.25) is 4.55 Å². The molecular weight excluding hydrogens is 206 g/mol. The third kappa shape index (κ3) is 8.43. The summed E-state index contributed by atoms with van der Waals surface area (Å²) in [6, 6.07) is -0.0428. The van der Waals surface area contributed by atoms with E-state index >= 15 is 0 Å². The fraction of sp³-hybridized carbons (Fsp3) is 1.00. The standard InChI is InChI=1S/C6H13NO3S.C2H6O/c8-11(9,10)7-6-4-2-1-3-5-6;1-2-3/h6-7H,1-5H2,(H,8,9,10);3H,2H2,1H3. The molecule has 0 amide bonds. The summed E-state index contributed by atoms with van der Waals surface area (Å²) in [6.45, 7) is 1.93. The molecule has 6 heteroatoms. The Morgan fingerprint density at radius 2 is 1.71 bits per heavy atom. The molecular formula is C8H19NO4S. The molecule has 5 nitrogen and oxygen atoms in total. The van der Waals surface area contributed by atoms with Crippen LogP contribution in [0.3, 0.4) is 0 Å². The largest absolute Gasteiger partial charge is 0.397 e. The Morgan fingerprint density at radius 3 is 2.07 bits per heavy atom. The van der Waals surface area contributed by atoms with Crippen molar-refractivity contribution in [2.24, 2.45) is 0 Å². The van der Waals surface area contributed by atoms with Crippen LogP contribution in [0.5, 0.6) is 0 Å². The summed E-state index contributed by atoms with van der Waals surface area (Å²) in [5, 5.41) is 7.57. The fourth-order valence-corrected chi connectivity index (χ4v) is 2.09. The lowest BCUT2D eigenvalue weighted by Gasteiger charge is -2.20. The Kier molecular flexibility index (Phi) is 7.08. The third-order valence-corrected chi connectivity index (χ3v) is 2.55. The molecule has 1 aliphatic rings. The van der Waals surface area contributed by atoms with E-state index in [0.717, 1.165) is 25.7 Å². The molecule has 0 aromatic heterocycles. The van der Waals surface area contributed by atoms with Gasteiger partial charge in [-0.15, -0.1) is 0 Å². The highest BCUT2D eigenvalue weighted by Gasteiger charge is 2.17. The molecule has 0 unspecified atom stereocenters. The number of aliphatic hydroxyl groups excluding tert-OH is 1. The maximum atomic E-state index is 10.3. The van der Waals surface area contributed by atoms with E-state index in [1.165, 1.54) is 6.42 Å². The molecule has 0 heterocycles. The molecule has 1 aliphatic carbocycles. The molecule has 3 N–H and O–H groups in total. The fourth-order valence-electron chi connectivity index (χ4n) is 1.43. The van der Waals surface area contributed by atoms with Gasteiger partial charge in [0.1, 0.15) is 0 Å². The summed E-state index contributed by atoms with van der Waals surface area (Å²) < 4.78 is 31.3. The Hall–Kier alpha value is -0.170. The molecule has 1 rings (SSSR count). The summed E-state index contributed by atoms with van der Waals surface area (Å²) in [6.07, 6.45) is 4.96. The van der Waals surface area contributed by atoms with Gasteiger partial charge in [0.05, 0.1) is 0 Å². The zero-order chi connectivity index (χ0) is 11.0. The second-order valence-corrected chi connectivity index (χ2v) is 4.43. The molecule has 14 heavy (non-hydrogen) atoms. The van der Waals surface area contributed by atoms with E-state index in [1.807, 2.05) is 0 Å². The van der Waals surface area contributed by atoms with E-state index in [-0.39, 0.29) is 12.6 Å². The van der Waals surface area contributed by atoms with E-state index < -0.39 is 10.3 Å². The normalized spacial score (nSPS) is 18.5. The SMILES string of the molecule is CCO.O=S(=O)(O)NC1CCCCC1. The van der Waals surface area contributed by atoms with E-state index in [0.29, 0.717) is 0 Å². The van der Waals surface area contributed by atoms with Gasteiger partial charge in [0.2, 0.25) is 0 Å². The molecule has 0 spiro atoms. The molecule has 86 valence electrons. The van der Waals surface area contributed by atoms with Crippen LogP contribution >= 0.6 is 0 Å². The van der Waals surface area contributed by atoms with Crippen LogP contribution in [0.4, 0.5) is 0 Å². The van der Waals surface area contributed by atoms with Gasteiger partial charge >= 0.3 is 10.3 Å². The average Bonchev–Trinajstić information content (AvgIpc) is 2.04. The monoisotopic (exact) mass is 225 g/mol. The van der Waals surface area contributed by atoms with Crippen LogP contribution in [0.25, 0.3) is 0 Å². The van der Waals surface area contributed by atoms with Crippen molar-refractivity contribution in [3.8, 4) is 0 Å². The van der Waals surface area contributed by atoms with Crippen molar-refractivity contribution in [2.45, 2.75) is 45.1 Å². The lowest BCUT2D eigenvalue weighted by atomic mass is 9.96. The van der Waals surface area contributed by atoms with Gasteiger partial charge in [-0.25, -0.2) is 0 Å². The molecule has 0 aromatic carbocycles. The minimum Gasteiger partial charge on any atom is -0.397 e. The van der Waals surface area contributed by atoms with Crippen molar-refractivity contribution in [2.75, 3.05) is 6.61 Å².